The van der Waals surface area contributed by atoms with Crippen LogP contribution in [0.3, 0.4) is 0 Å². The highest BCUT2D eigenvalue weighted by Gasteiger charge is 2.06. The summed E-state index contributed by atoms with van der Waals surface area (Å²) in [5.74, 6) is 0.933. The molecule has 0 saturated heterocycles. The summed E-state index contributed by atoms with van der Waals surface area (Å²) in [7, 11) is 1.90. The average Bonchev–Trinajstić information content (AvgIpc) is 2.57. The maximum Gasteiger partial charge on any atom is 0.128 e. The van der Waals surface area contributed by atoms with Crippen molar-refractivity contribution in [2.24, 2.45) is 12.8 Å². The van der Waals surface area contributed by atoms with Gasteiger partial charge >= 0.3 is 0 Å². The molecule has 0 atom stereocenters. The quantitative estimate of drug-likeness (QED) is 0.852. The summed E-state index contributed by atoms with van der Waals surface area (Å²) >= 11 is 8.41. The van der Waals surface area contributed by atoms with Crippen LogP contribution in [0.2, 0.25) is 0 Å². The van der Waals surface area contributed by atoms with E-state index in [0.29, 0.717) is 4.99 Å². The summed E-state index contributed by atoms with van der Waals surface area (Å²) in [5, 5.41) is 7.56. The number of halogens is 1. The molecule has 0 amide bonds. The van der Waals surface area contributed by atoms with E-state index in [1.54, 1.807) is 4.68 Å². The summed E-state index contributed by atoms with van der Waals surface area (Å²) in [6.45, 7) is 1.96. The number of nitrogens with one attached hydrogen (secondary N) is 1. The zero-order valence-corrected chi connectivity index (χ0v) is 12.5. The summed E-state index contributed by atoms with van der Waals surface area (Å²) in [5.41, 5.74) is 8.36. The van der Waals surface area contributed by atoms with Gasteiger partial charge in [-0.3, -0.25) is 4.68 Å². The van der Waals surface area contributed by atoms with E-state index in [1.165, 1.54) is 0 Å². The third-order valence-corrected chi connectivity index (χ3v) is 3.38. The highest BCUT2D eigenvalue weighted by Crippen LogP contribution is 2.24. The van der Waals surface area contributed by atoms with Crippen LogP contribution in [0, 0.1) is 6.92 Å². The zero-order chi connectivity index (χ0) is 13.3. The molecule has 0 bridgehead atoms. The molecule has 6 heteroatoms. The third kappa shape index (κ3) is 2.70. The first kappa shape index (κ1) is 13.0. The number of anilines is 2. The Labute approximate surface area is 119 Å². The second kappa shape index (κ2) is 5.07. The van der Waals surface area contributed by atoms with Crippen LogP contribution in [0.4, 0.5) is 11.5 Å². The minimum Gasteiger partial charge on any atom is -0.389 e. The van der Waals surface area contributed by atoms with E-state index in [1.807, 2.05) is 38.2 Å². The van der Waals surface area contributed by atoms with E-state index >= 15 is 0 Å². The Morgan fingerprint density at radius 2 is 2.17 bits per heavy atom. The Morgan fingerprint density at radius 3 is 2.67 bits per heavy atom. The Kier molecular flexibility index (Phi) is 3.68. The van der Waals surface area contributed by atoms with E-state index in [0.717, 1.165) is 27.2 Å². The molecule has 1 aromatic carbocycles. The Hall–Kier alpha value is -1.40. The number of rotatable bonds is 3. The molecule has 94 valence electrons. The first-order valence-electron chi connectivity index (χ1n) is 5.34. The van der Waals surface area contributed by atoms with Crippen molar-refractivity contribution in [2.45, 2.75) is 6.92 Å². The van der Waals surface area contributed by atoms with Crippen molar-refractivity contribution >= 4 is 44.6 Å². The van der Waals surface area contributed by atoms with Gasteiger partial charge in [0, 0.05) is 28.8 Å². The lowest BCUT2D eigenvalue weighted by atomic mass is 10.2. The molecule has 0 unspecified atom stereocenters. The van der Waals surface area contributed by atoms with Crippen molar-refractivity contribution in [1.29, 1.82) is 0 Å². The average molecular weight is 325 g/mol. The number of thiocarbonyl (C=S) groups is 1. The SMILES string of the molecule is Cc1cc(Nc2ccc(C(N)=S)c(Br)c2)n(C)n1. The third-order valence-electron chi connectivity index (χ3n) is 2.51. The maximum atomic E-state index is 5.61. The fourth-order valence-electron chi connectivity index (χ4n) is 1.67. The molecular formula is C12H13BrN4S. The predicted molar refractivity (Wildman–Crippen MR) is 81.3 cm³/mol. The van der Waals surface area contributed by atoms with Crippen LogP contribution in [-0.4, -0.2) is 14.8 Å². The first-order chi connectivity index (χ1) is 8.47. The topological polar surface area (TPSA) is 55.9 Å². The summed E-state index contributed by atoms with van der Waals surface area (Å²) < 4.78 is 2.67. The fourth-order valence-corrected chi connectivity index (χ4v) is 2.57. The van der Waals surface area contributed by atoms with Crippen LogP contribution in [0.15, 0.2) is 28.7 Å². The summed E-state index contributed by atoms with van der Waals surface area (Å²) in [4.78, 5) is 0.379. The number of aromatic nitrogens is 2. The van der Waals surface area contributed by atoms with E-state index < -0.39 is 0 Å². The van der Waals surface area contributed by atoms with Gasteiger partial charge in [0.05, 0.1) is 5.69 Å². The highest BCUT2D eigenvalue weighted by atomic mass is 79.9. The molecule has 1 heterocycles. The molecule has 0 fully saturated rings. The second-order valence-corrected chi connectivity index (χ2v) is 5.27. The van der Waals surface area contributed by atoms with Crippen LogP contribution >= 0.6 is 28.1 Å². The first-order valence-corrected chi connectivity index (χ1v) is 6.54. The van der Waals surface area contributed by atoms with Crippen LogP contribution in [0.1, 0.15) is 11.3 Å². The molecule has 0 aliphatic heterocycles. The normalized spacial score (nSPS) is 10.4. The number of hydrogen-bond donors (Lipinski definition) is 2. The predicted octanol–water partition coefficient (Wildman–Crippen LogP) is 2.87. The lowest BCUT2D eigenvalue weighted by Gasteiger charge is -2.09. The monoisotopic (exact) mass is 324 g/mol. The van der Waals surface area contributed by atoms with Crippen molar-refractivity contribution in [3.63, 3.8) is 0 Å². The molecule has 18 heavy (non-hydrogen) atoms. The molecule has 0 aliphatic rings. The molecule has 0 radical (unpaired) electrons. The van der Waals surface area contributed by atoms with Gasteiger partial charge in [0.2, 0.25) is 0 Å². The van der Waals surface area contributed by atoms with Crippen molar-refractivity contribution in [2.75, 3.05) is 5.32 Å². The van der Waals surface area contributed by atoms with Gasteiger partial charge in [-0.25, -0.2) is 0 Å². The molecular weight excluding hydrogens is 312 g/mol. The molecule has 2 rings (SSSR count). The maximum absolute atomic E-state index is 5.61. The van der Waals surface area contributed by atoms with Gasteiger partial charge in [-0.1, -0.05) is 12.2 Å². The van der Waals surface area contributed by atoms with Gasteiger partial charge in [-0.2, -0.15) is 5.10 Å². The van der Waals surface area contributed by atoms with Crippen molar-refractivity contribution in [1.82, 2.24) is 9.78 Å². The minimum atomic E-state index is 0.379. The van der Waals surface area contributed by atoms with Crippen LogP contribution in [-0.2, 0) is 7.05 Å². The number of benzene rings is 1. The van der Waals surface area contributed by atoms with Crippen molar-refractivity contribution < 1.29 is 0 Å². The molecule has 3 N–H and O–H groups in total. The van der Waals surface area contributed by atoms with Gasteiger partial charge in [0.1, 0.15) is 10.8 Å². The van der Waals surface area contributed by atoms with E-state index in [2.05, 4.69) is 26.3 Å². The molecule has 1 aromatic heterocycles. The van der Waals surface area contributed by atoms with E-state index in [-0.39, 0.29) is 0 Å². The van der Waals surface area contributed by atoms with Crippen LogP contribution < -0.4 is 11.1 Å². The van der Waals surface area contributed by atoms with E-state index in [4.69, 9.17) is 18.0 Å². The molecule has 0 spiro atoms. The van der Waals surface area contributed by atoms with Crippen LogP contribution in [0.25, 0.3) is 0 Å². The highest BCUT2D eigenvalue weighted by molar-refractivity contribution is 9.10. The van der Waals surface area contributed by atoms with Gasteiger partial charge in [0.15, 0.2) is 0 Å². The molecule has 0 aliphatic carbocycles. The Morgan fingerprint density at radius 1 is 1.44 bits per heavy atom. The van der Waals surface area contributed by atoms with Gasteiger partial charge in [0.25, 0.3) is 0 Å². The standard InChI is InChI=1S/C12H13BrN4S/c1-7-5-11(17(2)16-7)15-8-3-4-9(12(14)18)10(13)6-8/h3-6,15H,1-2H3,(H2,14,18). The van der Waals surface area contributed by atoms with Gasteiger partial charge in [-0.15, -0.1) is 0 Å². The lowest BCUT2D eigenvalue weighted by molar-refractivity contribution is 0.765. The largest absolute Gasteiger partial charge is 0.389 e. The van der Waals surface area contributed by atoms with Crippen molar-refractivity contribution in [3.05, 3.63) is 40.0 Å². The second-order valence-electron chi connectivity index (χ2n) is 3.98. The zero-order valence-electron chi connectivity index (χ0n) is 10.1. The lowest BCUT2D eigenvalue weighted by Crippen LogP contribution is -2.10. The van der Waals surface area contributed by atoms with Crippen molar-refractivity contribution in [3.8, 4) is 0 Å². The molecule has 0 saturated carbocycles. The fraction of sp³-hybridized carbons (Fsp3) is 0.167. The molecule has 4 nitrogen and oxygen atoms in total. The Bertz CT molecular complexity index is 606. The number of nitrogens with two attached hydrogens (primary N) is 1. The minimum absolute atomic E-state index is 0.379. The van der Waals surface area contributed by atoms with Gasteiger partial charge < -0.3 is 11.1 Å². The number of aryl methyl sites for hydroxylation is 2. The van der Waals surface area contributed by atoms with Crippen LogP contribution in [0.5, 0.6) is 0 Å². The van der Waals surface area contributed by atoms with E-state index in [9.17, 15) is 0 Å². The molecule has 2 aromatic rings. The number of hydrogen-bond acceptors (Lipinski definition) is 3. The number of nitrogens with zero attached hydrogens (tertiary/aromatic N) is 2. The summed E-state index contributed by atoms with van der Waals surface area (Å²) in [6, 6.07) is 7.74. The summed E-state index contributed by atoms with van der Waals surface area (Å²) in [6.07, 6.45) is 0. The smallest absolute Gasteiger partial charge is 0.128 e. The Balaban J connectivity index is 2.28. The van der Waals surface area contributed by atoms with Gasteiger partial charge in [-0.05, 0) is 41.1 Å².